The summed E-state index contributed by atoms with van der Waals surface area (Å²) in [6.07, 6.45) is 2.68. The summed E-state index contributed by atoms with van der Waals surface area (Å²) in [5.74, 6) is 0.835. The number of rotatable bonds is 4. The van der Waals surface area contributed by atoms with Gasteiger partial charge in [-0.25, -0.2) is 0 Å². The van der Waals surface area contributed by atoms with Crippen LogP contribution in [0.25, 0.3) is 0 Å². The number of Topliss-reactive ketones (excluding diaryl/α,β-unsaturated/α-hetero) is 1. The van der Waals surface area contributed by atoms with Crippen LogP contribution in [-0.2, 0) is 10.2 Å². The Balaban J connectivity index is 2.19. The van der Waals surface area contributed by atoms with E-state index < -0.39 is 0 Å². The third kappa shape index (κ3) is 2.15. The number of carbonyl (C=O) groups excluding carboxylic acids is 1. The molecule has 1 fully saturated rings. The van der Waals surface area contributed by atoms with Crippen LogP contribution in [0.5, 0.6) is 0 Å². The van der Waals surface area contributed by atoms with Crippen LogP contribution < -0.4 is 0 Å². The number of hydrogen-bond acceptors (Lipinski definition) is 1. The zero-order chi connectivity index (χ0) is 11.8. The second-order valence-corrected chi connectivity index (χ2v) is 5.55. The molecule has 0 heterocycles. The molecule has 86 valence electrons. The van der Waals surface area contributed by atoms with Crippen molar-refractivity contribution in [2.75, 3.05) is 0 Å². The van der Waals surface area contributed by atoms with Crippen LogP contribution in [-0.4, -0.2) is 5.78 Å². The molecule has 1 nitrogen and oxygen atoms in total. The predicted molar refractivity (Wildman–Crippen MR) is 66.8 cm³/mol. The topological polar surface area (TPSA) is 17.1 Å². The molecule has 0 amide bonds. The van der Waals surface area contributed by atoms with E-state index in [2.05, 4.69) is 13.8 Å². The summed E-state index contributed by atoms with van der Waals surface area (Å²) in [5, 5.41) is 0.732. The van der Waals surface area contributed by atoms with Crippen molar-refractivity contribution in [3.63, 3.8) is 0 Å². The van der Waals surface area contributed by atoms with Gasteiger partial charge in [0.2, 0.25) is 0 Å². The number of hydrogen-bond donors (Lipinski definition) is 0. The van der Waals surface area contributed by atoms with E-state index in [4.69, 9.17) is 11.6 Å². The molecule has 0 unspecified atom stereocenters. The van der Waals surface area contributed by atoms with Gasteiger partial charge >= 0.3 is 0 Å². The molecule has 0 atom stereocenters. The Morgan fingerprint density at radius 2 is 1.88 bits per heavy atom. The first-order valence-corrected chi connectivity index (χ1v) is 6.22. The Hall–Kier alpha value is -0.820. The van der Waals surface area contributed by atoms with Crippen LogP contribution in [0.15, 0.2) is 24.3 Å². The molecule has 1 aliphatic rings. The molecule has 0 bridgehead atoms. The molecule has 1 aromatic carbocycles. The summed E-state index contributed by atoms with van der Waals surface area (Å²) in [6, 6.07) is 7.74. The molecule has 16 heavy (non-hydrogen) atoms. The van der Waals surface area contributed by atoms with E-state index in [1.165, 1.54) is 0 Å². The van der Waals surface area contributed by atoms with Crippen LogP contribution in [0.1, 0.15) is 38.7 Å². The molecule has 2 rings (SSSR count). The first-order valence-electron chi connectivity index (χ1n) is 5.84. The zero-order valence-corrected chi connectivity index (χ0v) is 10.6. The van der Waals surface area contributed by atoms with Crippen LogP contribution >= 0.6 is 11.6 Å². The lowest BCUT2D eigenvalue weighted by molar-refractivity contribution is -0.122. The van der Waals surface area contributed by atoms with E-state index in [0.29, 0.717) is 18.1 Å². The first-order chi connectivity index (χ1) is 7.54. The molecule has 0 radical (unpaired) electrons. The number of benzene rings is 1. The standard InChI is InChI=1S/C14H17ClO/c1-10(2)9-13(16)14(7-8-14)11-3-5-12(15)6-4-11/h3-6,10H,7-9H2,1-2H3. The highest BCUT2D eigenvalue weighted by Gasteiger charge is 2.50. The summed E-state index contributed by atoms with van der Waals surface area (Å²) in [6.45, 7) is 4.19. The Kier molecular flexibility index (Phi) is 3.07. The molecule has 1 aromatic rings. The maximum Gasteiger partial charge on any atom is 0.143 e. The second-order valence-electron chi connectivity index (χ2n) is 5.11. The monoisotopic (exact) mass is 236 g/mol. The molecule has 0 aliphatic heterocycles. The Bertz CT molecular complexity index is 388. The van der Waals surface area contributed by atoms with Gasteiger partial charge in [0.1, 0.15) is 5.78 Å². The van der Waals surface area contributed by atoms with Crippen LogP contribution in [0.2, 0.25) is 5.02 Å². The molecule has 1 saturated carbocycles. The normalized spacial score (nSPS) is 17.5. The Labute approximate surface area is 102 Å². The average Bonchev–Trinajstić information content (AvgIpc) is 2.98. The van der Waals surface area contributed by atoms with E-state index in [0.717, 1.165) is 23.4 Å². The van der Waals surface area contributed by atoms with Crippen molar-refractivity contribution in [2.24, 2.45) is 5.92 Å². The van der Waals surface area contributed by atoms with Gasteiger partial charge < -0.3 is 0 Å². The molecule has 0 spiro atoms. The van der Waals surface area contributed by atoms with Gasteiger partial charge in [0, 0.05) is 11.4 Å². The summed E-state index contributed by atoms with van der Waals surface area (Å²) in [4.78, 5) is 12.2. The Morgan fingerprint density at radius 3 is 2.31 bits per heavy atom. The van der Waals surface area contributed by atoms with E-state index in [-0.39, 0.29) is 5.41 Å². The maximum atomic E-state index is 12.2. The van der Waals surface area contributed by atoms with Crippen molar-refractivity contribution in [1.29, 1.82) is 0 Å². The van der Waals surface area contributed by atoms with Gasteiger partial charge in [-0.1, -0.05) is 37.6 Å². The lowest BCUT2D eigenvalue weighted by atomic mass is 9.87. The molecule has 2 heteroatoms. The maximum absolute atomic E-state index is 12.2. The minimum Gasteiger partial charge on any atom is -0.299 e. The van der Waals surface area contributed by atoms with E-state index in [1.807, 2.05) is 24.3 Å². The van der Waals surface area contributed by atoms with Crippen molar-refractivity contribution < 1.29 is 4.79 Å². The fourth-order valence-corrected chi connectivity index (χ4v) is 2.31. The van der Waals surface area contributed by atoms with Crippen molar-refractivity contribution in [2.45, 2.75) is 38.5 Å². The lowest BCUT2D eigenvalue weighted by Gasteiger charge is -2.15. The van der Waals surface area contributed by atoms with Crippen molar-refractivity contribution in [3.8, 4) is 0 Å². The highest BCUT2D eigenvalue weighted by molar-refractivity contribution is 6.30. The molecule has 0 saturated heterocycles. The second kappa shape index (κ2) is 4.21. The first kappa shape index (κ1) is 11.7. The highest BCUT2D eigenvalue weighted by atomic mass is 35.5. The molecule has 1 aliphatic carbocycles. The van der Waals surface area contributed by atoms with Gasteiger partial charge in [0.05, 0.1) is 5.41 Å². The van der Waals surface area contributed by atoms with Crippen molar-refractivity contribution in [3.05, 3.63) is 34.9 Å². The number of ketones is 1. The lowest BCUT2D eigenvalue weighted by Crippen LogP contribution is -2.21. The minimum atomic E-state index is -0.172. The largest absolute Gasteiger partial charge is 0.299 e. The quantitative estimate of drug-likeness (QED) is 0.773. The zero-order valence-electron chi connectivity index (χ0n) is 9.79. The van der Waals surface area contributed by atoms with Crippen LogP contribution in [0, 0.1) is 5.92 Å². The highest BCUT2D eigenvalue weighted by Crippen LogP contribution is 2.50. The van der Waals surface area contributed by atoms with Crippen molar-refractivity contribution >= 4 is 17.4 Å². The summed E-state index contributed by atoms with van der Waals surface area (Å²) < 4.78 is 0. The van der Waals surface area contributed by atoms with Gasteiger partial charge in [-0.15, -0.1) is 0 Å². The summed E-state index contributed by atoms with van der Waals surface area (Å²) in [7, 11) is 0. The smallest absolute Gasteiger partial charge is 0.143 e. The molecule has 0 aromatic heterocycles. The third-order valence-corrected chi connectivity index (χ3v) is 3.53. The fourth-order valence-electron chi connectivity index (χ4n) is 2.19. The van der Waals surface area contributed by atoms with E-state index in [1.54, 1.807) is 0 Å². The molecule has 0 N–H and O–H groups in total. The minimum absolute atomic E-state index is 0.172. The third-order valence-electron chi connectivity index (χ3n) is 3.27. The van der Waals surface area contributed by atoms with Crippen molar-refractivity contribution in [1.82, 2.24) is 0 Å². The fraction of sp³-hybridized carbons (Fsp3) is 0.500. The SMILES string of the molecule is CC(C)CC(=O)C1(c2ccc(Cl)cc2)CC1. The molecular formula is C14H17ClO. The van der Waals surface area contributed by atoms with Gasteiger partial charge in [0.25, 0.3) is 0 Å². The molecular weight excluding hydrogens is 220 g/mol. The van der Waals surface area contributed by atoms with Gasteiger partial charge in [0.15, 0.2) is 0 Å². The average molecular weight is 237 g/mol. The van der Waals surface area contributed by atoms with E-state index in [9.17, 15) is 4.79 Å². The predicted octanol–water partition coefficient (Wildman–Crippen LogP) is 3.99. The number of carbonyl (C=O) groups is 1. The van der Waals surface area contributed by atoms with Crippen LogP contribution in [0.3, 0.4) is 0 Å². The summed E-state index contributed by atoms with van der Waals surface area (Å²) in [5.41, 5.74) is 0.969. The van der Waals surface area contributed by atoms with Crippen LogP contribution in [0.4, 0.5) is 0 Å². The van der Waals surface area contributed by atoms with Gasteiger partial charge in [-0.3, -0.25) is 4.79 Å². The summed E-state index contributed by atoms with van der Waals surface area (Å²) >= 11 is 5.86. The Morgan fingerprint density at radius 1 is 1.31 bits per heavy atom. The van der Waals surface area contributed by atoms with E-state index >= 15 is 0 Å². The van der Waals surface area contributed by atoms with Gasteiger partial charge in [-0.2, -0.15) is 0 Å². The van der Waals surface area contributed by atoms with Gasteiger partial charge in [-0.05, 0) is 36.5 Å². The number of halogens is 1.